The zero-order valence-electron chi connectivity index (χ0n) is 16.1. The van der Waals surface area contributed by atoms with Gasteiger partial charge in [-0.05, 0) is 29.8 Å². The molecule has 1 heterocycles. The van der Waals surface area contributed by atoms with Crippen molar-refractivity contribution in [1.82, 2.24) is 10.6 Å². The van der Waals surface area contributed by atoms with Crippen LogP contribution in [0.3, 0.4) is 0 Å². The van der Waals surface area contributed by atoms with Gasteiger partial charge in [-0.1, -0.05) is 49.4 Å². The predicted octanol–water partition coefficient (Wildman–Crippen LogP) is 3.91. The summed E-state index contributed by atoms with van der Waals surface area (Å²) in [6.45, 7) is 5.84. The van der Waals surface area contributed by atoms with Crippen molar-refractivity contribution in [1.29, 1.82) is 0 Å². The molecule has 0 saturated heterocycles. The Labute approximate surface area is 166 Å². The first-order valence-electron chi connectivity index (χ1n) is 9.39. The molecule has 0 saturated carbocycles. The highest BCUT2D eigenvalue weighted by Gasteiger charge is 2.09. The van der Waals surface area contributed by atoms with Gasteiger partial charge in [-0.2, -0.15) is 0 Å². The minimum Gasteiger partial charge on any atom is -0.364 e. The second-order valence-electron chi connectivity index (χ2n) is 6.59. The fourth-order valence-corrected chi connectivity index (χ4v) is 3.92. The van der Waals surface area contributed by atoms with Gasteiger partial charge in [0.05, 0.1) is 0 Å². The molecule has 2 N–H and O–H groups in total. The molecule has 142 valence electrons. The average Bonchev–Trinajstić information content (AvgIpc) is 3.24. The molecule has 0 fully saturated rings. The Hall–Kier alpha value is -2.40. The Morgan fingerprint density at radius 2 is 1.85 bits per heavy atom. The standard InChI is InChI=1S/C22H28N4S/c1-18(27-21-11-4-3-5-12-21)16-24-22(23-2)25-17-19-9-8-10-20(15-19)26-13-6-7-14-26/h3-12,15,18H,13-14,16-17H2,1-2H3,(H2,23,24,25). The maximum absolute atomic E-state index is 4.35. The first-order chi connectivity index (χ1) is 13.2. The van der Waals surface area contributed by atoms with E-state index < -0.39 is 0 Å². The van der Waals surface area contributed by atoms with E-state index >= 15 is 0 Å². The summed E-state index contributed by atoms with van der Waals surface area (Å²) in [7, 11) is 1.82. The van der Waals surface area contributed by atoms with Gasteiger partial charge in [0.25, 0.3) is 0 Å². The van der Waals surface area contributed by atoms with E-state index in [9.17, 15) is 0 Å². The van der Waals surface area contributed by atoms with Gasteiger partial charge in [-0.3, -0.25) is 4.99 Å². The predicted molar refractivity (Wildman–Crippen MR) is 118 cm³/mol. The van der Waals surface area contributed by atoms with E-state index in [0.717, 1.165) is 32.1 Å². The van der Waals surface area contributed by atoms with Crippen LogP contribution >= 0.6 is 11.8 Å². The van der Waals surface area contributed by atoms with E-state index in [2.05, 4.69) is 88.1 Å². The minimum atomic E-state index is 0.456. The van der Waals surface area contributed by atoms with Crippen LogP contribution in [0.1, 0.15) is 12.5 Å². The molecule has 0 amide bonds. The molecule has 0 aliphatic carbocycles. The molecule has 0 spiro atoms. The molecule has 4 nitrogen and oxygen atoms in total. The molecule has 5 heteroatoms. The average molecular weight is 381 g/mol. The summed E-state index contributed by atoms with van der Waals surface area (Å²) in [5.74, 6) is 0.837. The largest absolute Gasteiger partial charge is 0.364 e. The number of guanidine groups is 1. The third-order valence-electron chi connectivity index (χ3n) is 4.41. The topological polar surface area (TPSA) is 39.7 Å². The van der Waals surface area contributed by atoms with E-state index in [1.165, 1.54) is 16.1 Å². The number of hydrogen-bond acceptors (Lipinski definition) is 3. The van der Waals surface area contributed by atoms with Crippen molar-refractivity contribution in [3.05, 3.63) is 72.3 Å². The summed E-state index contributed by atoms with van der Waals surface area (Å²) < 4.78 is 0. The summed E-state index contributed by atoms with van der Waals surface area (Å²) in [6.07, 6.45) is 4.43. The Bertz CT molecular complexity index is 765. The number of aliphatic imine (C=N–C) groups is 1. The van der Waals surface area contributed by atoms with Gasteiger partial charge in [0.1, 0.15) is 0 Å². The fraction of sp³-hybridized carbons (Fsp3) is 0.318. The molecular formula is C22H28N4S. The van der Waals surface area contributed by atoms with Crippen LogP contribution in [-0.4, -0.2) is 37.9 Å². The van der Waals surface area contributed by atoms with Crippen molar-refractivity contribution in [3.8, 4) is 0 Å². The molecule has 27 heavy (non-hydrogen) atoms. The molecule has 1 aliphatic rings. The van der Waals surface area contributed by atoms with E-state index in [-0.39, 0.29) is 0 Å². The lowest BCUT2D eigenvalue weighted by Gasteiger charge is -2.19. The quantitative estimate of drug-likeness (QED) is 0.331. The zero-order valence-corrected chi connectivity index (χ0v) is 16.9. The van der Waals surface area contributed by atoms with E-state index in [0.29, 0.717) is 5.25 Å². The summed E-state index contributed by atoms with van der Waals surface area (Å²) >= 11 is 1.87. The Morgan fingerprint density at radius 3 is 2.59 bits per heavy atom. The van der Waals surface area contributed by atoms with Crippen LogP contribution in [-0.2, 0) is 6.54 Å². The summed E-state index contributed by atoms with van der Waals surface area (Å²) in [5.41, 5.74) is 2.53. The first-order valence-corrected chi connectivity index (χ1v) is 10.3. The van der Waals surface area contributed by atoms with Crippen molar-refractivity contribution in [2.75, 3.05) is 31.6 Å². The fourth-order valence-electron chi connectivity index (χ4n) is 2.97. The van der Waals surface area contributed by atoms with Crippen LogP contribution in [0.5, 0.6) is 0 Å². The molecule has 1 atom stereocenters. The van der Waals surface area contributed by atoms with Crippen molar-refractivity contribution in [3.63, 3.8) is 0 Å². The van der Waals surface area contributed by atoms with Gasteiger partial charge >= 0.3 is 0 Å². The molecule has 2 aromatic carbocycles. The minimum absolute atomic E-state index is 0.456. The molecule has 1 aliphatic heterocycles. The SMILES string of the molecule is CN=C(NCc1cccc(N2CC=CC2)c1)NCC(C)Sc1ccccc1. The number of benzene rings is 2. The molecule has 0 aromatic heterocycles. The third kappa shape index (κ3) is 6.07. The van der Waals surface area contributed by atoms with Crippen LogP contribution in [0.2, 0.25) is 0 Å². The van der Waals surface area contributed by atoms with Crippen LogP contribution in [0.15, 0.2) is 76.6 Å². The zero-order chi connectivity index (χ0) is 18.9. The highest BCUT2D eigenvalue weighted by atomic mass is 32.2. The number of hydrogen-bond donors (Lipinski definition) is 2. The molecule has 2 aromatic rings. The molecular weight excluding hydrogens is 352 g/mol. The number of nitrogens with one attached hydrogen (secondary N) is 2. The van der Waals surface area contributed by atoms with Gasteiger partial charge in [0.2, 0.25) is 0 Å². The van der Waals surface area contributed by atoms with Gasteiger partial charge in [-0.15, -0.1) is 11.8 Å². The van der Waals surface area contributed by atoms with Crippen LogP contribution < -0.4 is 15.5 Å². The highest BCUT2D eigenvalue weighted by Crippen LogP contribution is 2.22. The Balaban J connectivity index is 1.45. The van der Waals surface area contributed by atoms with Gasteiger partial charge in [-0.25, -0.2) is 0 Å². The van der Waals surface area contributed by atoms with Crippen molar-refractivity contribution < 1.29 is 0 Å². The van der Waals surface area contributed by atoms with E-state index in [1.54, 1.807) is 0 Å². The van der Waals surface area contributed by atoms with Crippen LogP contribution in [0.4, 0.5) is 5.69 Å². The highest BCUT2D eigenvalue weighted by molar-refractivity contribution is 8.00. The van der Waals surface area contributed by atoms with Gasteiger partial charge < -0.3 is 15.5 Å². The van der Waals surface area contributed by atoms with E-state index in [4.69, 9.17) is 0 Å². The summed E-state index contributed by atoms with van der Waals surface area (Å²) in [5, 5.41) is 7.30. The molecule has 0 bridgehead atoms. The van der Waals surface area contributed by atoms with Crippen molar-refractivity contribution >= 4 is 23.4 Å². The van der Waals surface area contributed by atoms with Gasteiger partial charge in [0, 0.05) is 49.1 Å². The number of thioether (sulfide) groups is 1. The third-order valence-corrected chi connectivity index (χ3v) is 5.53. The van der Waals surface area contributed by atoms with Crippen molar-refractivity contribution in [2.45, 2.75) is 23.6 Å². The normalized spacial score (nSPS) is 15.0. The Morgan fingerprint density at radius 1 is 1.07 bits per heavy atom. The monoisotopic (exact) mass is 380 g/mol. The number of anilines is 1. The smallest absolute Gasteiger partial charge is 0.191 e. The first kappa shape index (κ1) is 19.4. The second kappa shape index (κ2) is 10.1. The van der Waals surface area contributed by atoms with Crippen molar-refractivity contribution in [2.24, 2.45) is 4.99 Å². The molecule has 0 radical (unpaired) electrons. The maximum atomic E-state index is 4.35. The van der Waals surface area contributed by atoms with Crippen LogP contribution in [0.25, 0.3) is 0 Å². The summed E-state index contributed by atoms with van der Waals surface area (Å²) in [6, 6.07) is 19.2. The lowest BCUT2D eigenvalue weighted by Crippen LogP contribution is -2.39. The van der Waals surface area contributed by atoms with Gasteiger partial charge in [0.15, 0.2) is 5.96 Å². The maximum Gasteiger partial charge on any atom is 0.191 e. The lowest BCUT2D eigenvalue weighted by molar-refractivity contribution is 0.790. The van der Waals surface area contributed by atoms with Crippen LogP contribution in [0, 0.1) is 0 Å². The number of nitrogens with zero attached hydrogens (tertiary/aromatic N) is 2. The second-order valence-corrected chi connectivity index (χ2v) is 8.11. The number of rotatable bonds is 7. The molecule has 1 unspecified atom stereocenters. The Kier molecular flexibility index (Phi) is 7.22. The molecule has 3 rings (SSSR count). The summed E-state index contributed by atoms with van der Waals surface area (Å²) in [4.78, 5) is 8.00. The van der Waals surface area contributed by atoms with E-state index in [1.807, 2.05) is 24.9 Å². The lowest BCUT2D eigenvalue weighted by atomic mass is 10.2.